The maximum atomic E-state index is 5.49. The van der Waals surface area contributed by atoms with E-state index < -0.39 is 0 Å². The Morgan fingerprint density at radius 2 is 0.290 bits per heavy atom. The van der Waals surface area contributed by atoms with Gasteiger partial charge in [0.15, 0.2) is 17.5 Å². The highest BCUT2D eigenvalue weighted by molar-refractivity contribution is 6.18. The number of hydrogen-bond acceptors (Lipinski definition) is 6. The zero-order valence-electron chi connectivity index (χ0n) is 67.7. The molecule has 0 aliphatic heterocycles. The molecule has 4 heterocycles. The van der Waals surface area contributed by atoms with E-state index in [-0.39, 0.29) is 0 Å². The summed E-state index contributed by atoms with van der Waals surface area (Å²) >= 11 is 0. The minimum atomic E-state index is 0.621. The summed E-state index contributed by atoms with van der Waals surface area (Å²) in [5, 5.41) is 6.78. The average Bonchev–Trinajstić information content (AvgIpc) is 0.741. The van der Waals surface area contributed by atoms with Crippen LogP contribution in [0.3, 0.4) is 0 Å². The monoisotopic (exact) mass is 1580 g/mol. The van der Waals surface area contributed by atoms with Crippen LogP contribution >= 0.6 is 0 Å². The highest BCUT2D eigenvalue weighted by Gasteiger charge is 2.22. The van der Waals surface area contributed by atoms with Crippen LogP contribution in [0.1, 0.15) is 0 Å². The molecule has 0 unspecified atom stereocenters. The lowest BCUT2D eigenvalue weighted by molar-refractivity contribution is 1.07. The van der Waals surface area contributed by atoms with Gasteiger partial charge in [0.1, 0.15) is 0 Å². The molecule has 6 heteroatoms. The molecule has 0 N–H and O–H groups in total. The normalized spacial score (nSPS) is 11.2. The Morgan fingerprint density at radius 3 is 0.581 bits per heavy atom. The molecule has 0 bridgehead atoms. The van der Waals surface area contributed by atoms with Crippen molar-refractivity contribution in [2.45, 2.75) is 0 Å². The summed E-state index contributed by atoms with van der Waals surface area (Å²) in [7, 11) is 0. The van der Waals surface area contributed by atoms with Gasteiger partial charge in [0.25, 0.3) is 0 Å². The number of pyridine rings is 3. The van der Waals surface area contributed by atoms with Crippen molar-refractivity contribution in [3.05, 3.63) is 473 Å². The summed E-state index contributed by atoms with van der Waals surface area (Å²) in [4.78, 5) is 31.0. The molecule has 18 aromatic carbocycles. The third kappa shape index (κ3) is 15.4. The van der Waals surface area contributed by atoms with E-state index in [9.17, 15) is 0 Å². The second kappa shape index (κ2) is 33.7. The van der Waals surface area contributed by atoms with Gasteiger partial charge in [-0.2, -0.15) is 0 Å². The average molecular weight is 1580 g/mol. The molecule has 4 aromatic heterocycles. The lowest BCUT2D eigenvalue weighted by Crippen LogP contribution is -2.00. The Kier molecular flexibility index (Phi) is 20.4. The van der Waals surface area contributed by atoms with Gasteiger partial charge in [-0.1, -0.05) is 437 Å². The molecule has 0 amide bonds. The second-order valence-electron chi connectivity index (χ2n) is 31.2. The zero-order valence-corrected chi connectivity index (χ0v) is 67.7. The van der Waals surface area contributed by atoms with Crippen LogP contribution in [-0.2, 0) is 0 Å². The van der Waals surface area contributed by atoms with Gasteiger partial charge in [-0.15, -0.1) is 0 Å². The molecule has 0 saturated heterocycles. The minimum absolute atomic E-state index is 0.621. The van der Waals surface area contributed by atoms with E-state index in [1.807, 2.05) is 72.8 Å². The van der Waals surface area contributed by atoms with E-state index in [0.29, 0.717) is 17.5 Å². The SMILES string of the molecule is c1ccc(-c2ccc(-c3cc(-c4ccc(-c5cc(-c6ccccc6)nc(-c6ccccc6)c5)cc4)c4cc(-c5ccc(-c6ccccc6)cc5)c5ccccc5c4n3)cc2)cc1.c1ccc(-c2ccc(-c3cc(-c4ccc(-c5nc(-c6ccccc6)nc(-c6ccccc6)n5)cc4)c4cc(-c5ccc(-c6ccccc6)cc5)c5ccccc5c4n3)cc2)cc1. The van der Waals surface area contributed by atoms with E-state index in [2.05, 4.69) is 400 Å². The van der Waals surface area contributed by atoms with Crippen molar-refractivity contribution in [2.24, 2.45) is 0 Å². The fourth-order valence-electron chi connectivity index (χ4n) is 17.0. The van der Waals surface area contributed by atoms with E-state index in [1.54, 1.807) is 0 Å². The van der Waals surface area contributed by atoms with Crippen LogP contribution in [0.4, 0.5) is 0 Å². The van der Waals surface area contributed by atoms with Crippen LogP contribution in [0.5, 0.6) is 0 Å². The van der Waals surface area contributed by atoms with Crippen molar-refractivity contribution < 1.29 is 0 Å². The molecule has 580 valence electrons. The first kappa shape index (κ1) is 75.0. The Balaban J connectivity index is 0.000000152. The molecule has 0 radical (unpaired) electrons. The largest absolute Gasteiger partial charge is 0.248 e. The summed E-state index contributed by atoms with van der Waals surface area (Å²) in [5.74, 6) is 1.89. The molecular formula is C118H78N6. The topological polar surface area (TPSA) is 77.3 Å². The van der Waals surface area contributed by atoms with Gasteiger partial charge in [0.05, 0.1) is 33.8 Å². The molecule has 0 spiro atoms. The zero-order chi connectivity index (χ0) is 82.5. The highest BCUT2D eigenvalue weighted by Crippen LogP contribution is 2.45. The number of rotatable bonds is 16. The van der Waals surface area contributed by atoms with Crippen molar-refractivity contribution in [3.63, 3.8) is 0 Å². The molecule has 0 aliphatic carbocycles. The third-order valence-electron chi connectivity index (χ3n) is 23.5. The predicted molar refractivity (Wildman–Crippen MR) is 517 cm³/mol. The van der Waals surface area contributed by atoms with Crippen LogP contribution in [0, 0.1) is 0 Å². The summed E-state index contributed by atoms with van der Waals surface area (Å²) in [5.41, 5.74) is 33.7. The van der Waals surface area contributed by atoms with Gasteiger partial charge < -0.3 is 0 Å². The van der Waals surface area contributed by atoms with Crippen LogP contribution < -0.4 is 0 Å². The van der Waals surface area contributed by atoms with Gasteiger partial charge in [0, 0.05) is 60.5 Å². The number of benzene rings is 18. The fourth-order valence-corrected chi connectivity index (χ4v) is 17.0. The Hall–Kier alpha value is -16.5. The fraction of sp³-hybridized carbons (Fsp3) is 0. The van der Waals surface area contributed by atoms with E-state index in [4.69, 9.17) is 29.9 Å². The molecule has 22 aromatic rings. The Morgan fingerprint density at radius 1 is 0.105 bits per heavy atom. The van der Waals surface area contributed by atoms with Crippen LogP contribution in [0.2, 0.25) is 0 Å². The molecule has 22 rings (SSSR count). The number of hydrogen-bond donors (Lipinski definition) is 0. The van der Waals surface area contributed by atoms with Crippen LogP contribution in [0.15, 0.2) is 473 Å². The number of aromatic nitrogens is 6. The lowest BCUT2D eigenvalue weighted by Gasteiger charge is -2.16. The van der Waals surface area contributed by atoms with Gasteiger partial charge in [-0.05, 0) is 147 Å². The van der Waals surface area contributed by atoms with Crippen molar-refractivity contribution in [1.82, 2.24) is 29.9 Å². The molecular weight excluding hydrogens is 1500 g/mol. The van der Waals surface area contributed by atoms with Crippen molar-refractivity contribution in [1.29, 1.82) is 0 Å². The van der Waals surface area contributed by atoms with E-state index >= 15 is 0 Å². The first-order valence-corrected chi connectivity index (χ1v) is 42.0. The van der Waals surface area contributed by atoms with Gasteiger partial charge in [-0.25, -0.2) is 29.9 Å². The van der Waals surface area contributed by atoms with Crippen molar-refractivity contribution in [3.8, 4) is 179 Å². The van der Waals surface area contributed by atoms with Crippen molar-refractivity contribution >= 4 is 43.4 Å². The maximum Gasteiger partial charge on any atom is 0.164 e. The number of fused-ring (bicyclic) bond motifs is 6. The minimum Gasteiger partial charge on any atom is -0.248 e. The quantitative estimate of drug-likeness (QED) is 0.0897. The Labute approximate surface area is 720 Å². The van der Waals surface area contributed by atoms with Gasteiger partial charge >= 0.3 is 0 Å². The molecule has 6 nitrogen and oxygen atoms in total. The van der Waals surface area contributed by atoms with Crippen molar-refractivity contribution in [2.75, 3.05) is 0 Å². The van der Waals surface area contributed by atoms with Crippen LogP contribution in [0.25, 0.3) is 223 Å². The number of nitrogens with zero attached hydrogens (tertiary/aromatic N) is 6. The van der Waals surface area contributed by atoms with Gasteiger partial charge in [-0.3, -0.25) is 0 Å². The predicted octanol–water partition coefficient (Wildman–Crippen LogP) is 31.0. The summed E-state index contributed by atoms with van der Waals surface area (Å²) < 4.78 is 0. The Bertz CT molecular complexity index is 7000. The first-order chi connectivity index (χ1) is 61.4. The maximum absolute atomic E-state index is 5.49. The molecule has 0 fully saturated rings. The molecule has 0 atom stereocenters. The van der Waals surface area contributed by atoms with Crippen LogP contribution in [-0.4, -0.2) is 29.9 Å². The second-order valence-corrected chi connectivity index (χ2v) is 31.2. The molecule has 0 aliphatic rings. The third-order valence-corrected chi connectivity index (χ3v) is 23.5. The van der Waals surface area contributed by atoms with Gasteiger partial charge in [0.2, 0.25) is 0 Å². The summed E-state index contributed by atoms with van der Waals surface area (Å²) in [6, 6.07) is 167. The standard InChI is InChI=1S/C60H40N2.C58H38N4/c1-5-15-41(16-6-1)43-25-31-46(32-26-43)54-39-56-55(40-59(62-60(56)53-24-14-13-23-52(53)54)50-35-29-44(30-36-50)42-17-7-2-8-18-42)47-33-27-45(28-34-47)51-37-57(48-19-9-3-10-20-48)61-58(38-51)49-21-11-4-12-22-49;1-5-15-39(16-6-1)41-25-29-43(30-26-41)51-37-53-52(38-54(59-55(53)50-24-14-13-23-49(50)51)45-33-27-42(28-34-45)40-17-7-2-8-18-40)44-31-35-48(36-32-44)58-61-56(46-19-9-3-10-20-46)60-57(62-58)47-21-11-4-12-22-47/h1-40H;1-38H. The molecule has 124 heavy (non-hydrogen) atoms. The summed E-state index contributed by atoms with van der Waals surface area (Å²) in [6.07, 6.45) is 0. The van der Waals surface area contributed by atoms with E-state index in [0.717, 1.165) is 139 Å². The first-order valence-electron chi connectivity index (χ1n) is 42.0. The van der Waals surface area contributed by atoms with E-state index in [1.165, 1.54) is 66.6 Å². The smallest absolute Gasteiger partial charge is 0.164 e. The summed E-state index contributed by atoms with van der Waals surface area (Å²) in [6.45, 7) is 0. The molecule has 0 saturated carbocycles. The highest BCUT2D eigenvalue weighted by atomic mass is 15.0. The lowest BCUT2D eigenvalue weighted by atomic mass is 9.90.